The first-order valence-corrected chi connectivity index (χ1v) is 9.41. The molecule has 0 aliphatic heterocycles. The van der Waals surface area contributed by atoms with Crippen molar-refractivity contribution in [3.8, 4) is 5.75 Å². The lowest BCUT2D eigenvalue weighted by atomic mass is 10.1. The summed E-state index contributed by atoms with van der Waals surface area (Å²) in [6, 6.07) is 15.2. The van der Waals surface area contributed by atoms with Crippen molar-refractivity contribution in [2.75, 3.05) is 32.6 Å². The van der Waals surface area contributed by atoms with E-state index in [1.165, 1.54) is 0 Å². The predicted octanol–water partition coefficient (Wildman–Crippen LogP) is 2.42. The Morgan fingerprint density at radius 3 is 2.38 bits per heavy atom. The molecule has 5 nitrogen and oxygen atoms in total. The molecule has 1 N–H and O–H groups in total. The lowest BCUT2D eigenvalue weighted by molar-refractivity contribution is 0.414. The van der Waals surface area contributed by atoms with Gasteiger partial charge in [0.15, 0.2) is 0 Å². The highest BCUT2D eigenvalue weighted by molar-refractivity contribution is 7.88. The van der Waals surface area contributed by atoms with Crippen LogP contribution in [0.1, 0.15) is 11.1 Å². The number of ether oxygens (including phenoxy) is 1. The molecule has 0 spiro atoms. The Morgan fingerprint density at radius 1 is 1.04 bits per heavy atom. The first-order valence-electron chi connectivity index (χ1n) is 7.76. The summed E-state index contributed by atoms with van der Waals surface area (Å²) in [4.78, 5) is 2.03. The average molecular weight is 348 g/mol. The third-order valence-electron chi connectivity index (χ3n) is 3.68. The van der Waals surface area contributed by atoms with Gasteiger partial charge in [0.05, 0.1) is 12.9 Å². The Bertz CT molecular complexity index is 756. The number of hydrogen-bond donors (Lipinski definition) is 1. The molecule has 2 aromatic rings. The fourth-order valence-corrected chi connectivity index (χ4v) is 3.48. The summed E-state index contributed by atoms with van der Waals surface area (Å²) in [5.41, 5.74) is 2.93. The van der Waals surface area contributed by atoms with Gasteiger partial charge >= 0.3 is 0 Å². The Kier molecular flexibility index (Phi) is 6.23. The average Bonchev–Trinajstić information content (AvgIpc) is 2.55. The van der Waals surface area contributed by atoms with E-state index in [2.05, 4.69) is 4.72 Å². The third kappa shape index (κ3) is 5.54. The van der Waals surface area contributed by atoms with Crippen LogP contribution >= 0.6 is 0 Å². The van der Waals surface area contributed by atoms with E-state index in [0.29, 0.717) is 24.3 Å². The van der Waals surface area contributed by atoms with Crippen molar-refractivity contribution in [1.82, 2.24) is 4.72 Å². The molecule has 2 rings (SSSR count). The van der Waals surface area contributed by atoms with Crippen LogP contribution in [0.5, 0.6) is 5.75 Å². The van der Waals surface area contributed by atoms with Crippen LogP contribution in [0.2, 0.25) is 0 Å². The number of hydrogen-bond acceptors (Lipinski definition) is 4. The van der Waals surface area contributed by atoms with Crippen LogP contribution in [0, 0.1) is 0 Å². The van der Waals surface area contributed by atoms with Crippen LogP contribution in [0.15, 0.2) is 48.5 Å². The fourth-order valence-electron chi connectivity index (χ4n) is 2.34. The Balaban J connectivity index is 1.88. The molecule has 24 heavy (non-hydrogen) atoms. The molecule has 0 radical (unpaired) electrons. The van der Waals surface area contributed by atoms with Crippen molar-refractivity contribution in [2.45, 2.75) is 12.2 Å². The Morgan fingerprint density at radius 2 is 1.75 bits per heavy atom. The monoisotopic (exact) mass is 348 g/mol. The molecule has 0 atom stereocenters. The van der Waals surface area contributed by atoms with E-state index in [9.17, 15) is 8.42 Å². The van der Waals surface area contributed by atoms with Gasteiger partial charge in [0.2, 0.25) is 10.0 Å². The standard InChI is InChI=1S/C18H24N2O3S/c1-20(2)17-9-7-15(8-10-17)11-12-19-24(21,22)14-16-5-4-6-18(13-16)23-3/h4-10,13,19H,11-12,14H2,1-3H3. The van der Waals surface area contributed by atoms with Crippen LogP contribution in [-0.4, -0.2) is 36.2 Å². The van der Waals surface area contributed by atoms with Crippen LogP contribution < -0.4 is 14.4 Å². The molecule has 6 heteroatoms. The van der Waals surface area contributed by atoms with Gasteiger partial charge in [-0.3, -0.25) is 0 Å². The largest absolute Gasteiger partial charge is 0.497 e. The number of rotatable bonds is 8. The molecule has 130 valence electrons. The van der Waals surface area contributed by atoms with Gasteiger partial charge < -0.3 is 9.64 Å². The number of nitrogens with one attached hydrogen (secondary N) is 1. The summed E-state index contributed by atoms with van der Waals surface area (Å²) < 4.78 is 32.1. The van der Waals surface area contributed by atoms with Crippen LogP contribution in [0.4, 0.5) is 5.69 Å². The van der Waals surface area contributed by atoms with E-state index in [0.717, 1.165) is 11.3 Å². The highest BCUT2D eigenvalue weighted by Crippen LogP contribution is 2.15. The number of nitrogens with zero attached hydrogens (tertiary/aromatic N) is 1. The smallest absolute Gasteiger partial charge is 0.215 e. The van der Waals surface area contributed by atoms with Crippen LogP contribution in [-0.2, 0) is 22.2 Å². The molecule has 0 aliphatic carbocycles. The van der Waals surface area contributed by atoms with Crippen molar-refractivity contribution in [3.63, 3.8) is 0 Å². The maximum absolute atomic E-state index is 12.2. The van der Waals surface area contributed by atoms with Crippen molar-refractivity contribution in [2.24, 2.45) is 0 Å². The maximum Gasteiger partial charge on any atom is 0.215 e. The highest BCUT2D eigenvalue weighted by Gasteiger charge is 2.11. The first kappa shape index (κ1) is 18.3. The summed E-state index contributed by atoms with van der Waals surface area (Å²) in [6.07, 6.45) is 0.658. The van der Waals surface area contributed by atoms with Gasteiger partial charge in [-0.2, -0.15) is 0 Å². The lowest BCUT2D eigenvalue weighted by Gasteiger charge is -2.13. The molecule has 0 heterocycles. The number of methoxy groups -OCH3 is 1. The summed E-state index contributed by atoms with van der Waals surface area (Å²) in [6.45, 7) is 0.383. The third-order valence-corrected chi connectivity index (χ3v) is 5.04. The minimum atomic E-state index is -3.37. The van der Waals surface area contributed by atoms with E-state index in [-0.39, 0.29) is 5.75 Å². The van der Waals surface area contributed by atoms with Crippen molar-refractivity contribution in [1.29, 1.82) is 0 Å². The topological polar surface area (TPSA) is 58.6 Å². The Hall–Kier alpha value is -2.05. The van der Waals surface area contributed by atoms with Gasteiger partial charge in [-0.1, -0.05) is 24.3 Å². The molecule has 0 aliphatic rings. The molecule has 0 saturated carbocycles. The second-order valence-corrected chi connectivity index (χ2v) is 7.62. The minimum absolute atomic E-state index is 0.0518. The number of benzene rings is 2. The summed E-state index contributed by atoms with van der Waals surface area (Å²) >= 11 is 0. The zero-order valence-electron chi connectivity index (χ0n) is 14.3. The zero-order chi connectivity index (χ0) is 17.6. The maximum atomic E-state index is 12.2. The second-order valence-electron chi connectivity index (χ2n) is 5.82. The van der Waals surface area contributed by atoms with Crippen molar-refractivity contribution >= 4 is 15.7 Å². The molecule has 0 saturated heterocycles. The van der Waals surface area contributed by atoms with Gasteiger partial charge in [-0.15, -0.1) is 0 Å². The van der Waals surface area contributed by atoms with E-state index in [1.807, 2.05) is 43.3 Å². The number of sulfonamides is 1. The summed E-state index contributed by atoms with van der Waals surface area (Å²) in [5, 5.41) is 0. The second kappa shape index (κ2) is 8.17. The van der Waals surface area contributed by atoms with Gasteiger partial charge in [0.1, 0.15) is 5.75 Å². The molecular weight excluding hydrogens is 324 g/mol. The molecule has 0 unspecified atom stereocenters. The van der Waals surface area contributed by atoms with Crippen molar-refractivity contribution in [3.05, 3.63) is 59.7 Å². The SMILES string of the molecule is COc1cccc(CS(=O)(=O)NCCc2ccc(N(C)C)cc2)c1. The Labute approximate surface area is 144 Å². The molecule has 0 aromatic heterocycles. The van der Waals surface area contributed by atoms with E-state index in [4.69, 9.17) is 4.74 Å². The molecule has 0 bridgehead atoms. The van der Waals surface area contributed by atoms with Gasteiger partial charge in [-0.25, -0.2) is 13.1 Å². The van der Waals surface area contributed by atoms with Gasteiger partial charge in [0, 0.05) is 26.3 Å². The molecule has 0 amide bonds. The molecular formula is C18H24N2O3S. The van der Waals surface area contributed by atoms with Crippen LogP contribution in [0.25, 0.3) is 0 Å². The highest BCUT2D eigenvalue weighted by atomic mass is 32.2. The van der Waals surface area contributed by atoms with Gasteiger partial charge in [0.25, 0.3) is 0 Å². The van der Waals surface area contributed by atoms with Crippen LogP contribution in [0.3, 0.4) is 0 Å². The van der Waals surface area contributed by atoms with E-state index in [1.54, 1.807) is 31.4 Å². The summed E-state index contributed by atoms with van der Waals surface area (Å²) in [7, 11) is 2.17. The number of anilines is 1. The fraction of sp³-hybridized carbons (Fsp3) is 0.333. The van der Waals surface area contributed by atoms with E-state index >= 15 is 0 Å². The quantitative estimate of drug-likeness (QED) is 0.796. The van der Waals surface area contributed by atoms with Crippen molar-refractivity contribution < 1.29 is 13.2 Å². The van der Waals surface area contributed by atoms with E-state index < -0.39 is 10.0 Å². The zero-order valence-corrected chi connectivity index (χ0v) is 15.1. The molecule has 0 fully saturated rings. The molecule has 2 aromatic carbocycles. The lowest BCUT2D eigenvalue weighted by Crippen LogP contribution is -2.27. The first-order chi connectivity index (χ1) is 11.4. The van der Waals surface area contributed by atoms with Gasteiger partial charge in [-0.05, 0) is 41.8 Å². The normalized spacial score (nSPS) is 11.3. The summed E-state index contributed by atoms with van der Waals surface area (Å²) in [5.74, 6) is 0.604. The predicted molar refractivity (Wildman–Crippen MR) is 98.1 cm³/mol. The minimum Gasteiger partial charge on any atom is -0.497 e.